The Morgan fingerprint density at radius 2 is 2.11 bits per heavy atom. The van der Waals surface area contributed by atoms with Crippen LogP contribution >= 0.6 is 15.9 Å². The average molecular weight is 307 g/mol. The number of nitrogens with zero attached hydrogens (tertiary/aromatic N) is 1. The third-order valence-electron chi connectivity index (χ3n) is 2.36. The van der Waals surface area contributed by atoms with Crippen LogP contribution in [0.3, 0.4) is 0 Å². The maximum Gasteiger partial charge on any atom is 0.260 e. The molecule has 0 fully saturated rings. The zero-order valence-electron chi connectivity index (χ0n) is 9.64. The number of aromatic hydroxyl groups is 1. The Labute approximate surface area is 113 Å². The van der Waals surface area contributed by atoms with Crippen molar-refractivity contribution in [2.45, 2.75) is 6.92 Å². The molecule has 0 unspecified atom stereocenters. The van der Waals surface area contributed by atoms with E-state index in [1.54, 1.807) is 24.4 Å². The molecule has 5 heteroatoms. The Bertz CT molecular complexity index is 599. The fraction of sp³-hybridized carbons (Fsp3) is 0.0769. The molecule has 1 aromatic heterocycles. The Kier molecular flexibility index (Phi) is 3.62. The SMILES string of the molecule is Cc1ccnc(NC(=O)c2ccc(Br)cc2O)c1. The number of hydrogen-bond acceptors (Lipinski definition) is 3. The summed E-state index contributed by atoms with van der Waals surface area (Å²) in [6.07, 6.45) is 1.62. The van der Waals surface area contributed by atoms with Crippen LogP contribution in [0.2, 0.25) is 0 Å². The van der Waals surface area contributed by atoms with Crippen LogP contribution in [0.1, 0.15) is 15.9 Å². The predicted molar refractivity (Wildman–Crippen MR) is 72.7 cm³/mol. The molecule has 2 N–H and O–H groups in total. The number of anilines is 1. The van der Waals surface area contributed by atoms with Gasteiger partial charge in [-0.15, -0.1) is 0 Å². The lowest BCUT2D eigenvalue weighted by molar-refractivity contribution is 0.102. The summed E-state index contributed by atoms with van der Waals surface area (Å²) in [6.45, 7) is 1.91. The summed E-state index contributed by atoms with van der Waals surface area (Å²) >= 11 is 3.22. The van der Waals surface area contributed by atoms with Gasteiger partial charge in [0, 0.05) is 10.7 Å². The predicted octanol–water partition coefficient (Wildman–Crippen LogP) is 3.11. The van der Waals surface area contributed by atoms with Gasteiger partial charge in [0.1, 0.15) is 11.6 Å². The van der Waals surface area contributed by atoms with E-state index < -0.39 is 5.91 Å². The molecule has 0 aliphatic carbocycles. The van der Waals surface area contributed by atoms with Gasteiger partial charge in [0.25, 0.3) is 5.91 Å². The van der Waals surface area contributed by atoms with Gasteiger partial charge in [0.15, 0.2) is 0 Å². The molecule has 0 radical (unpaired) electrons. The lowest BCUT2D eigenvalue weighted by Crippen LogP contribution is -2.13. The minimum absolute atomic E-state index is 0.0745. The van der Waals surface area contributed by atoms with Gasteiger partial charge < -0.3 is 10.4 Å². The second-order valence-electron chi connectivity index (χ2n) is 3.83. The van der Waals surface area contributed by atoms with Crippen molar-refractivity contribution in [2.24, 2.45) is 0 Å². The number of aryl methyl sites for hydroxylation is 1. The van der Waals surface area contributed by atoms with Crippen LogP contribution in [0, 0.1) is 6.92 Å². The van der Waals surface area contributed by atoms with Crippen molar-refractivity contribution in [2.75, 3.05) is 5.32 Å². The van der Waals surface area contributed by atoms with Crippen LogP contribution in [0.15, 0.2) is 41.0 Å². The first-order valence-corrected chi connectivity index (χ1v) is 6.08. The van der Waals surface area contributed by atoms with E-state index in [1.165, 1.54) is 6.07 Å². The highest BCUT2D eigenvalue weighted by Crippen LogP contribution is 2.23. The topological polar surface area (TPSA) is 62.2 Å². The third-order valence-corrected chi connectivity index (χ3v) is 2.85. The first kappa shape index (κ1) is 12.6. The molecule has 0 atom stereocenters. The number of carbonyl (C=O) groups is 1. The molecule has 18 heavy (non-hydrogen) atoms. The summed E-state index contributed by atoms with van der Waals surface area (Å²) in [5.41, 5.74) is 1.21. The Morgan fingerprint density at radius 3 is 2.78 bits per heavy atom. The van der Waals surface area contributed by atoms with Crippen LogP contribution in [0.25, 0.3) is 0 Å². The van der Waals surface area contributed by atoms with Crippen molar-refractivity contribution in [3.8, 4) is 5.75 Å². The molecule has 1 heterocycles. The Balaban J connectivity index is 2.22. The molecule has 1 amide bonds. The van der Waals surface area contributed by atoms with E-state index in [0.717, 1.165) is 5.56 Å². The Hall–Kier alpha value is -1.88. The summed E-state index contributed by atoms with van der Waals surface area (Å²) in [4.78, 5) is 16.0. The molecule has 0 saturated heterocycles. The van der Waals surface area contributed by atoms with Crippen molar-refractivity contribution in [3.63, 3.8) is 0 Å². The standard InChI is InChI=1S/C13H11BrN2O2/c1-8-4-5-15-12(6-8)16-13(18)10-3-2-9(14)7-11(10)17/h2-7,17H,1H3,(H,15,16,18). The number of pyridine rings is 1. The highest BCUT2D eigenvalue weighted by molar-refractivity contribution is 9.10. The highest BCUT2D eigenvalue weighted by Gasteiger charge is 2.11. The number of benzene rings is 1. The van der Waals surface area contributed by atoms with Crippen LogP contribution in [-0.2, 0) is 0 Å². The first-order valence-electron chi connectivity index (χ1n) is 5.29. The maximum absolute atomic E-state index is 11.9. The van der Waals surface area contributed by atoms with Crippen LogP contribution in [-0.4, -0.2) is 16.0 Å². The molecule has 0 spiro atoms. The number of phenols is 1. The number of aromatic nitrogens is 1. The van der Waals surface area contributed by atoms with Crippen molar-refractivity contribution < 1.29 is 9.90 Å². The number of hydrogen-bond donors (Lipinski definition) is 2. The minimum atomic E-state index is -0.391. The summed E-state index contributed by atoms with van der Waals surface area (Å²) in [6, 6.07) is 8.31. The van der Waals surface area contributed by atoms with E-state index >= 15 is 0 Å². The molecule has 4 nitrogen and oxygen atoms in total. The van der Waals surface area contributed by atoms with E-state index in [9.17, 15) is 9.90 Å². The van der Waals surface area contributed by atoms with Gasteiger partial charge in [0.05, 0.1) is 5.56 Å². The van der Waals surface area contributed by atoms with Crippen molar-refractivity contribution in [1.29, 1.82) is 0 Å². The number of amides is 1. The number of nitrogens with one attached hydrogen (secondary N) is 1. The molecule has 2 rings (SSSR count). The number of phenolic OH excluding ortho intramolecular Hbond substituents is 1. The molecule has 1 aromatic carbocycles. The highest BCUT2D eigenvalue weighted by atomic mass is 79.9. The van der Waals surface area contributed by atoms with Crippen LogP contribution in [0.4, 0.5) is 5.82 Å². The van der Waals surface area contributed by atoms with Crippen molar-refractivity contribution in [1.82, 2.24) is 4.98 Å². The normalized spacial score (nSPS) is 10.1. The van der Waals surface area contributed by atoms with Crippen LogP contribution in [0.5, 0.6) is 5.75 Å². The third kappa shape index (κ3) is 2.87. The summed E-state index contributed by atoms with van der Waals surface area (Å²) in [7, 11) is 0. The zero-order chi connectivity index (χ0) is 13.1. The lowest BCUT2D eigenvalue weighted by atomic mass is 10.2. The first-order chi connectivity index (χ1) is 8.56. The van der Waals surface area contributed by atoms with Crippen molar-refractivity contribution in [3.05, 3.63) is 52.1 Å². The molecule has 0 bridgehead atoms. The zero-order valence-corrected chi connectivity index (χ0v) is 11.2. The molecule has 0 saturated carbocycles. The molecule has 0 aliphatic rings. The largest absolute Gasteiger partial charge is 0.507 e. The average Bonchev–Trinajstić information content (AvgIpc) is 2.28. The summed E-state index contributed by atoms with van der Waals surface area (Å²) < 4.78 is 0.713. The summed E-state index contributed by atoms with van der Waals surface area (Å²) in [5.74, 6) is -0.00468. The molecular formula is C13H11BrN2O2. The lowest BCUT2D eigenvalue weighted by Gasteiger charge is -2.06. The fourth-order valence-corrected chi connectivity index (χ4v) is 1.83. The summed E-state index contributed by atoms with van der Waals surface area (Å²) in [5, 5.41) is 12.3. The van der Waals surface area contributed by atoms with E-state index in [0.29, 0.717) is 10.3 Å². The second kappa shape index (κ2) is 5.18. The molecule has 0 aliphatic heterocycles. The van der Waals surface area contributed by atoms with Gasteiger partial charge in [-0.2, -0.15) is 0 Å². The van der Waals surface area contributed by atoms with Gasteiger partial charge in [-0.3, -0.25) is 4.79 Å². The van der Waals surface area contributed by atoms with E-state index in [-0.39, 0.29) is 11.3 Å². The fourth-order valence-electron chi connectivity index (χ4n) is 1.48. The van der Waals surface area contributed by atoms with E-state index in [1.807, 2.05) is 13.0 Å². The number of carbonyl (C=O) groups excluding carboxylic acids is 1. The molecular weight excluding hydrogens is 296 g/mol. The second-order valence-corrected chi connectivity index (χ2v) is 4.75. The maximum atomic E-state index is 11.9. The monoisotopic (exact) mass is 306 g/mol. The smallest absolute Gasteiger partial charge is 0.260 e. The minimum Gasteiger partial charge on any atom is -0.507 e. The van der Waals surface area contributed by atoms with Gasteiger partial charge in [0.2, 0.25) is 0 Å². The molecule has 2 aromatic rings. The van der Waals surface area contributed by atoms with Crippen molar-refractivity contribution >= 4 is 27.7 Å². The van der Waals surface area contributed by atoms with Gasteiger partial charge in [-0.1, -0.05) is 15.9 Å². The number of halogens is 1. The van der Waals surface area contributed by atoms with E-state index in [4.69, 9.17) is 0 Å². The van der Waals surface area contributed by atoms with Gasteiger partial charge in [-0.25, -0.2) is 4.98 Å². The van der Waals surface area contributed by atoms with Crippen LogP contribution < -0.4 is 5.32 Å². The quantitative estimate of drug-likeness (QED) is 0.896. The van der Waals surface area contributed by atoms with E-state index in [2.05, 4.69) is 26.2 Å². The number of rotatable bonds is 2. The Morgan fingerprint density at radius 1 is 1.33 bits per heavy atom. The molecule has 92 valence electrons. The van der Waals surface area contributed by atoms with Gasteiger partial charge >= 0.3 is 0 Å². The van der Waals surface area contributed by atoms with Gasteiger partial charge in [-0.05, 0) is 42.8 Å².